The normalized spacial score (nSPS) is 38.6. The summed E-state index contributed by atoms with van der Waals surface area (Å²) in [5.41, 5.74) is -1.63. The molecular formula is C15H25FN2O4S. The second kappa shape index (κ2) is 6.29. The quantitative estimate of drug-likeness (QED) is 0.789. The second-order valence-corrected chi connectivity index (χ2v) is 9.11. The zero-order valence-corrected chi connectivity index (χ0v) is 14.0. The SMILES string of the molecule is O=C(O)C1CCC(F)(CNS(=O)(=O)N2C[C@H]3CCC[C@H]3C2)CC1. The van der Waals surface area contributed by atoms with Gasteiger partial charge in [0.2, 0.25) is 0 Å². The topological polar surface area (TPSA) is 86.7 Å². The molecule has 1 aliphatic heterocycles. The van der Waals surface area contributed by atoms with Crippen molar-refractivity contribution in [2.45, 2.75) is 50.6 Å². The van der Waals surface area contributed by atoms with Crippen molar-refractivity contribution >= 4 is 16.2 Å². The van der Waals surface area contributed by atoms with Crippen LogP contribution < -0.4 is 4.72 Å². The number of aliphatic carboxylic acids is 1. The number of nitrogens with zero attached hydrogens (tertiary/aromatic N) is 1. The highest BCUT2D eigenvalue weighted by Crippen LogP contribution is 2.39. The maximum absolute atomic E-state index is 14.7. The van der Waals surface area contributed by atoms with Gasteiger partial charge in [0.05, 0.1) is 5.92 Å². The molecule has 1 saturated heterocycles. The molecule has 0 unspecified atom stereocenters. The van der Waals surface area contributed by atoms with Crippen molar-refractivity contribution < 1.29 is 22.7 Å². The van der Waals surface area contributed by atoms with Gasteiger partial charge in [-0.2, -0.15) is 17.4 Å². The number of carbonyl (C=O) groups is 1. The van der Waals surface area contributed by atoms with Crippen molar-refractivity contribution in [3.05, 3.63) is 0 Å². The molecule has 2 saturated carbocycles. The van der Waals surface area contributed by atoms with Crippen LogP contribution in [0, 0.1) is 17.8 Å². The van der Waals surface area contributed by atoms with Gasteiger partial charge in [0.15, 0.2) is 0 Å². The molecule has 0 amide bonds. The van der Waals surface area contributed by atoms with E-state index in [1.807, 2.05) is 0 Å². The third-order valence-corrected chi connectivity index (χ3v) is 7.32. The standard InChI is InChI=1S/C15H25FN2O4S/c16-15(6-4-11(5-7-15)14(19)20)10-17-23(21,22)18-8-12-2-1-3-13(12)9-18/h11-13,17H,1-10H2,(H,19,20)/t11?,12-,13+,15?. The highest BCUT2D eigenvalue weighted by atomic mass is 32.2. The Kier molecular flexibility index (Phi) is 4.68. The first-order chi connectivity index (χ1) is 10.8. The molecule has 23 heavy (non-hydrogen) atoms. The second-order valence-electron chi connectivity index (χ2n) is 7.36. The summed E-state index contributed by atoms with van der Waals surface area (Å²) in [6.45, 7) is 0.828. The summed E-state index contributed by atoms with van der Waals surface area (Å²) in [4.78, 5) is 10.9. The third kappa shape index (κ3) is 3.69. The van der Waals surface area contributed by atoms with Crippen LogP contribution in [-0.2, 0) is 15.0 Å². The van der Waals surface area contributed by atoms with Gasteiger partial charge < -0.3 is 5.11 Å². The lowest BCUT2D eigenvalue weighted by Gasteiger charge is -2.33. The van der Waals surface area contributed by atoms with E-state index in [0.29, 0.717) is 24.9 Å². The Balaban J connectivity index is 1.52. The lowest BCUT2D eigenvalue weighted by molar-refractivity contribution is -0.143. The van der Waals surface area contributed by atoms with Crippen molar-refractivity contribution in [1.29, 1.82) is 0 Å². The maximum atomic E-state index is 14.7. The number of nitrogens with one attached hydrogen (secondary N) is 1. The van der Waals surface area contributed by atoms with Crippen LogP contribution in [0.2, 0.25) is 0 Å². The first-order valence-corrected chi connectivity index (χ1v) is 9.89. The number of fused-ring (bicyclic) bond motifs is 1. The summed E-state index contributed by atoms with van der Waals surface area (Å²) >= 11 is 0. The summed E-state index contributed by atoms with van der Waals surface area (Å²) in [5.74, 6) is -0.487. The third-order valence-electron chi connectivity index (χ3n) is 5.84. The van der Waals surface area contributed by atoms with Gasteiger partial charge in [-0.05, 0) is 50.4 Å². The van der Waals surface area contributed by atoms with Gasteiger partial charge in [0.1, 0.15) is 5.67 Å². The molecule has 2 atom stereocenters. The van der Waals surface area contributed by atoms with Crippen molar-refractivity contribution in [2.75, 3.05) is 19.6 Å². The van der Waals surface area contributed by atoms with E-state index >= 15 is 0 Å². The van der Waals surface area contributed by atoms with E-state index in [1.54, 1.807) is 0 Å². The highest BCUT2D eigenvalue weighted by Gasteiger charge is 2.43. The largest absolute Gasteiger partial charge is 0.481 e. The molecule has 0 spiro atoms. The minimum Gasteiger partial charge on any atom is -0.481 e. The van der Waals surface area contributed by atoms with Gasteiger partial charge in [0.25, 0.3) is 10.2 Å². The Labute approximate surface area is 136 Å². The molecule has 0 aromatic rings. The molecular weight excluding hydrogens is 323 g/mol. The highest BCUT2D eigenvalue weighted by molar-refractivity contribution is 7.87. The Hall–Kier alpha value is -0.730. The van der Waals surface area contributed by atoms with Crippen LogP contribution >= 0.6 is 0 Å². The zero-order chi connectivity index (χ0) is 16.7. The molecule has 0 aromatic carbocycles. The number of rotatable bonds is 5. The van der Waals surface area contributed by atoms with Gasteiger partial charge in [-0.1, -0.05) is 6.42 Å². The van der Waals surface area contributed by atoms with Crippen LogP contribution in [0.5, 0.6) is 0 Å². The average molecular weight is 348 g/mol. The van der Waals surface area contributed by atoms with Gasteiger partial charge in [-0.15, -0.1) is 0 Å². The summed E-state index contributed by atoms with van der Waals surface area (Å²) in [6, 6.07) is 0. The lowest BCUT2D eigenvalue weighted by Crippen LogP contribution is -2.47. The van der Waals surface area contributed by atoms with Crippen molar-refractivity contribution in [3.8, 4) is 0 Å². The first-order valence-electron chi connectivity index (χ1n) is 8.45. The molecule has 3 rings (SSSR count). The Morgan fingerprint density at radius 2 is 1.74 bits per heavy atom. The van der Waals surface area contributed by atoms with Crippen molar-refractivity contribution in [2.24, 2.45) is 17.8 Å². The molecule has 2 aliphatic carbocycles. The molecule has 3 aliphatic rings. The molecule has 0 bridgehead atoms. The molecule has 1 heterocycles. The molecule has 2 N–H and O–H groups in total. The Morgan fingerprint density at radius 1 is 1.17 bits per heavy atom. The number of carboxylic acids is 1. The molecule has 3 fully saturated rings. The van der Waals surface area contributed by atoms with Crippen LogP contribution in [-0.4, -0.2) is 49.1 Å². The van der Waals surface area contributed by atoms with E-state index in [4.69, 9.17) is 5.11 Å². The number of hydrogen-bond acceptors (Lipinski definition) is 3. The number of alkyl halides is 1. The predicted octanol–water partition coefficient (Wildman–Crippen LogP) is 1.54. The summed E-state index contributed by atoms with van der Waals surface area (Å²) in [5, 5.41) is 8.95. The Bertz CT molecular complexity index is 548. The predicted molar refractivity (Wildman–Crippen MR) is 82.8 cm³/mol. The maximum Gasteiger partial charge on any atom is 0.306 e. The van der Waals surface area contributed by atoms with E-state index in [-0.39, 0.29) is 32.2 Å². The monoisotopic (exact) mass is 348 g/mol. The van der Waals surface area contributed by atoms with E-state index in [2.05, 4.69) is 4.72 Å². The Morgan fingerprint density at radius 3 is 2.26 bits per heavy atom. The van der Waals surface area contributed by atoms with Crippen LogP contribution in [0.3, 0.4) is 0 Å². The number of halogens is 1. The van der Waals surface area contributed by atoms with Gasteiger partial charge in [-0.25, -0.2) is 4.39 Å². The van der Waals surface area contributed by atoms with Crippen LogP contribution in [0.15, 0.2) is 0 Å². The summed E-state index contributed by atoms with van der Waals surface area (Å²) in [7, 11) is -3.64. The molecule has 0 radical (unpaired) electrons. The average Bonchev–Trinajstić information content (AvgIpc) is 3.07. The fraction of sp³-hybridized carbons (Fsp3) is 0.933. The fourth-order valence-electron chi connectivity index (χ4n) is 4.26. The van der Waals surface area contributed by atoms with E-state index < -0.39 is 27.8 Å². The molecule has 8 heteroatoms. The fourth-order valence-corrected chi connectivity index (χ4v) is 5.66. The molecule has 132 valence electrons. The van der Waals surface area contributed by atoms with Crippen LogP contribution in [0.25, 0.3) is 0 Å². The zero-order valence-electron chi connectivity index (χ0n) is 13.2. The van der Waals surface area contributed by atoms with Crippen molar-refractivity contribution in [3.63, 3.8) is 0 Å². The minimum atomic E-state index is -3.64. The van der Waals surface area contributed by atoms with Gasteiger partial charge in [0, 0.05) is 19.6 Å². The molecule has 6 nitrogen and oxygen atoms in total. The molecule has 0 aromatic heterocycles. The van der Waals surface area contributed by atoms with Crippen LogP contribution in [0.1, 0.15) is 44.9 Å². The van der Waals surface area contributed by atoms with Crippen LogP contribution in [0.4, 0.5) is 4.39 Å². The first kappa shape index (κ1) is 17.1. The minimum absolute atomic E-state index is 0.0950. The summed E-state index contributed by atoms with van der Waals surface area (Å²) < 4.78 is 43.3. The smallest absolute Gasteiger partial charge is 0.306 e. The van der Waals surface area contributed by atoms with Gasteiger partial charge >= 0.3 is 5.97 Å². The van der Waals surface area contributed by atoms with E-state index in [9.17, 15) is 17.6 Å². The van der Waals surface area contributed by atoms with Crippen molar-refractivity contribution in [1.82, 2.24) is 9.03 Å². The summed E-state index contributed by atoms with van der Waals surface area (Å²) in [6.07, 6.45) is 4.06. The number of carboxylic acid groups (broad SMARTS) is 1. The number of hydrogen-bond donors (Lipinski definition) is 2. The van der Waals surface area contributed by atoms with E-state index in [1.165, 1.54) is 10.7 Å². The lowest BCUT2D eigenvalue weighted by atomic mass is 9.80. The van der Waals surface area contributed by atoms with Gasteiger partial charge in [-0.3, -0.25) is 4.79 Å². The van der Waals surface area contributed by atoms with E-state index in [0.717, 1.165) is 12.8 Å².